The SMILES string of the molecule is Cc1ncn(CCCn2cnc(C)c2C)c1C. The molecule has 0 radical (unpaired) electrons. The summed E-state index contributed by atoms with van der Waals surface area (Å²) in [4.78, 5) is 8.61. The third kappa shape index (κ3) is 2.40. The second kappa shape index (κ2) is 4.73. The second-order valence-corrected chi connectivity index (χ2v) is 4.57. The van der Waals surface area contributed by atoms with E-state index in [-0.39, 0.29) is 0 Å². The minimum absolute atomic E-state index is 1.02. The standard InChI is InChI=1S/C13H20N4/c1-10-12(3)16(8-14-10)6-5-7-17-9-15-11(2)13(17)4/h8-9H,5-7H2,1-4H3. The number of aryl methyl sites for hydroxylation is 4. The van der Waals surface area contributed by atoms with Crippen molar-refractivity contribution in [2.75, 3.05) is 0 Å². The van der Waals surface area contributed by atoms with Crippen LogP contribution in [0.25, 0.3) is 0 Å². The van der Waals surface area contributed by atoms with Gasteiger partial charge in [-0.25, -0.2) is 9.97 Å². The van der Waals surface area contributed by atoms with E-state index in [1.807, 2.05) is 12.7 Å². The fourth-order valence-corrected chi connectivity index (χ4v) is 1.95. The number of aromatic nitrogens is 4. The Hall–Kier alpha value is -1.58. The summed E-state index contributed by atoms with van der Waals surface area (Å²) >= 11 is 0. The molecule has 2 aromatic rings. The van der Waals surface area contributed by atoms with Gasteiger partial charge in [-0.15, -0.1) is 0 Å². The molecule has 17 heavy (non-hydrogen) atoms. The van der Waals surface area contributed by atoms with Crippen molar-refractivity contribution in [3.8, 4) is 0 Å². The summed E-state index contributed by atoms with van der Waals surface area (Å²) in [6, 6.07) is 0. The molecule has 0 aliphatic rings. The Balaban J connectivity index is 1.92. The van der Waals surface area contributed by atoms with Crippen LogP contribution >= 0.6 is 0 Å². The molecule has 0 N–H and O–H groups in total. The molecule has 0 atom stereocenters. The van der Waals surface area contributed by atoms with Gasteiger partial charge in [0.25, 0.3) is 0 Å². The third-order valence-electron chi connectivity index (χ3n) is 3.49. The lowest BCUT2D eigenvalue weighted by atomic mass is 10.3. The maximum absolute atomic E-state index is 4.31. The fourth-order valence-electron chi connectivity index (χ4n) is 1.95. The molecule has 2 aromatic heterocycles. The molecule has 0 spiro atoms. The predicted octanol–water partition coefficient (Wildman–Crippen LogP) is 2.40. The van der Waals surface area contributed by atoms with Crippen LogP contribution in [0.4, 0.5) is 0 Å². The average Bonchev–Trinajstić information content (AvgIpc) is 2.79. The number of rotatable bonds is 4. The molecule has 4 heteroatoms. The van der Waals surface area contributed by atoms with E-state index in [0.717, 1.165) is 30.9 Å². The first-order chi connectivity index (χ1) is 8.09. The maximum Gasteiger partial charge on any atom is 0.0951 e. The summed E-state index contributed by atoms with van der Waals surface area (Å²) < 4.78 is 4.43. The third-order valence-corrected chi connectivity index (χ3v) is 3.49. The molecule has 92 valence electrons. The van der Waals surface area contributed by atoms with Gasteiger partial charge >= 0.3 is 0 Å². The van der Waals surface area contributed by atoms with E-state index in [1.54, 1.807) is 0 Å². The summed E-state index contributed by atoms with van der Waals surface area (Å²) in [7, 11) is 0. The Kier molecular flexibility index (Phi) is 3.31. The first-order valence-electron chi connectivity index (χ1n) is 6.06. The van der Waals surface area contributed by atoms with Crippen LogP contribution in [-0.2, 0) is 13.1 Å². The van der Waals surface area contributed by atoms with Crippen molar-refractivity contribution >= 4 is 0 Å². The Labute approximate surface area is 102 Å². The molecule has 0 amide bonds. The van der Waals surface area contributed by atoms with Crippen LogP contribution in [0.15, 0.2) is 12.7 Å². The lowest BCUT2D eigenvalue weighted by molar-refractivity contribution is 0.549. The van der Waals surface area contributed by atoms with E-state index in [2.05, 4.69) is 46.8 Å². The van der Waals surface area contributed by atoms with Crippen molar-refractivity contribution in [2.24, 2.45) is 0 Å². The molecule has 0 unspecified atom stereocenters. The molecule has 0 saturated carbocycles. The Morgan fingerprint density at radius 3 is 1.53 bits per heavy atom. The molecule has 0 saturated heterocycles. The Morgan fingerprint density at radius 1 is 0.824 bits per heavy atom. The van der Waals surface area contributed by atoms with Crippen LogP contribution in [0.2, 0.25) is 0 Å². The van der Waals surface area contributed by atoms with Crippen molar-refractivity contribution in [1.82, 2.24) is 19.1 Å². The monoisotopic (exact) mass is 232 g/mol. The number of hydrogen-bond acceptors (Lipinski definition) is 2. The van der Waals surface area contributed by atoms with Crippen molar-refractivity contribution in [3.63, 3.8) is 0 Å². The first kappa shape index (κ1) is 11.9. The largest absolute Gasteiger partial charge is 0.335 e. The highest BCUT2D eigenvalue weighted by Crippen LogP contribution is 2.08. The zero-order valence-corrected chi connectivity index (χ0v) is 11.1. The molecule has 0 aliphatic heterocycles. The van der Waals surface area contributed by atoms with Gasteiger partial charge in [0.15, 0.2) is 0 Å². The van der Waals surface area contributed by atoms with E-state index in [9.17, 15) is 0 Å². The Morgan fingerprint density at radius 2 is 1.24 bits per heavy atom. The van der Waals surface area contributed by atoms with E-state index >= 15 is 0 Å². The zero-order valence-electron chi connectivity index (χ0n) is 11.1. The molecule has 2 rings (SSSR count). The van der Waals surface area contributed by atoms with E-state index in [4.69, 9.17) is 0 Å². The molecule has 0 aromatic carbocycles. The highest BCUT2D eigenvalue weighted by Gasteiger charge is 2.03. The van der Waals surface area contributed by atoms with Gasteiger partial charge in [-0.3, -0.25) is 0 Å². The van der Waals surface area contributed by atoms with Crippen LogP contribution in [0.5, 0.6) is 0 Å². The summed E-state index contributed by atoms with van der Waals surface area (Å²) in [5.74, 6) is 0. The molecule has 0 aliphatic carbocycles. The highest BCUT2D eigenvalue weighted by atomic mass is 15.1. The van der Waals surface area contributed by atoms with Crippen molar-refractivity contribution in [3.05, 3.63) is 35.4 Å². The summed E-state index contributed by atoms with van der Waals surface area (Å²) in [5, 5.41) is 0. The summed E-state index contributed by atoms with van der Waals surface area (Å²) in [5.41, 5.74) is 4.78. The minimum Gasteiger partial charge on any atom is -0.335 e. The predicted molar refractivity (Wildman–Crippen MR) is 68.0 cm³/mol. The molecule has 0 fully saturated rings. The van der Waals surface area contributed by atoms with Crippen molar-refractivity contribution in [1.29, 1.82) is 0 Å². The fraction of sp³-hybridized carbons (Fsp3) is 0.538. The van der Waals surface area contributed by atoms with Gasteiger partial charge in [0.05, 0.1) is 24.0 Å². The molecule has 2 heterocycles. The topological polar surface area (TPSA) is 35.6 Å². The van der Waals surface area contributed by atoms with Crippen molar-refractivity contribution in [2.45, 2.75) is 47.2 Å². The van der Waals surface area contributed by atoms with Gasteiger partial charge in [-0.05, 0) is 34.1 Å². The summed E-state index contributed by atoms with van der Waals surface area (Å²) in [6.07, 6.45) is 4.96. The van der Waals surface area contributed by atoms with Crippen LogP contribution in [0.1, 0.15) is 29.2 Å². The number of nitrogens with zero attached hydrogens (tertiary/aromatic N) is 4. The highest BCUT2D eigenvalue weighted by molar-refractivity contribution is 5.09. The molecular formula is C13H20N4. The van der Waals surface area contributed by atoms with Gasteiger partial charge in [0, 0.05) is 24.5 Å². The van der Waals surface area contributed by atoms with Gasteiger partial charge in [-0.1, -0.05) is 0 Å². The van der Waals surface area contributed by atoms with E-state index < -0.39 is 0 Å². The van der Waals surface area contributed by atoms with Crippen LogP contribution < -0.4 is 0 Å². The number of imidazole rings is 2. The minimum atomic E-state index is 1.02. The lowest BCUT2D eigenvalue weighted by Crippen LogP contribution is -2.05. The quantitative estimate of drug-likeness (QED) is 0.811. The van der Waals surface area contributed by atoms with Gasteiger partial charge in [0.2, 0.25) is 0 Å². The lowest BCUT2D eigenvalue weighted by Gasteiger charge is -2.07. The molecule has 0 bridgehead atoms. The number of hydrogen-bond donors (Lipinski definition) is 0. The van der Waals surface area contributed by atoms with Crippen LogP contribution in [0, 0.1) is 27.7 Å². The average molecular weight is 232 g/mol. The van der Waals surface area contributed by atoms with Crippen LogP contribution in [0.3, 0.4) is 0 Å². The van der Waals surface area contributed by atoms with Gasteiger partial charge in [-0.2, -0.15) is 0 Å². The molecular weight excluding hydrogens is 212 g/mol. The summed E-state index contributed by atoms with van der Waals surface area (Å²) in [6.45, 7) is 10.4. The first-order valence-corrected chi connectivity index (χ1v) is 6.06. The zero-order chi connectivity index (χ0) is 12.4. The molecule has 4 nitrogen and oxygen atoms in total. The Bertz CT molecular complexity index is 461. The second-order valence-electron chi connectivity index (χ2n) is 4.57. The maximum atomic E-state index is 4.31. The normalized spacial score (nSPS) is 11.1. The van der Waals surface area contributed by atoms with Gasteiger partial charge in [0.1, 0.15) is 0 Å². The van der Waals surface area contributed by atoms with Crippen molar-refractivity contribution < 1.29 is 0 Å². The van der Waals surface area contributed by atoms with Crippen LogP contribution in [-0.4, -0.2) is 19.1 Å². The van der Waals surface area contributed by atoms with Gasteiger partial charge < -0.3 is 9.13 Å². The van der Waals surface area contributed by atoms with E-state index in [0.29, 0.717) is 0 Å². The smallest absolute Gasteiger partial charge is 0.0951 e. The van der Waals surface area contributed by atoms with E-state index in [1.165, 1.54) is 11.4 Å².